The number of hydrogen-bond donors (Lipinski definition) is 0. The number of urea groups is 1. The summed E-state index contributed by atoms with van der Waals surface area (Å²) in [6, 6.07) is 19.7. The van der Waals surface area contributed by atoms with Crippen LogP contribution in [0.15, 0.2) is 60.7 Å². The molecule has 0 aliphatic carbocycles. The van der Waals surface area contributed by atoms with Gasteiger partial charge in [-0.2, -0.15) is 0 Å². The Labute approximate surface area is 153 Å². The van der Waals surface area contributed by atoms with Gasteiger partial charge in [-0.3, -0.25) is 9.69 Å². The third kappa shape index (κ3) is 3.05. The third-order valence-corrected chi connectivity index (χ3v) is 5.39. The van der Waals surface area contributed by atoms with Crippen molar-refractivity contribution in [2.45, 2.75) is 31.3 Å². The van der Waals surface area contributed by atoms with E-state index in [0.29, 0.717) is 13.1 Å². The number of nitrogens with zero attached hydrogens (tertiary/aromatic N) is 3. The molecule has 0 aromatic heterocycles. The fourth-order valence-electron chi connectivity index (χ4n) is 4.13. The molecular weight excluding hydrogens is 326 g/mol. The highest BCUT2D eigenvalue weighted by Crippen LogP contribution is 2.31. The molecule has 2 saturated heterocycles. The number of para-hydroxylation sites is 2. The largest absolute Gasteiger partial charge is 0.336 e. The first kappa shape index (κ1) is 16.6. The topological polar surface area (TPSA) is 43.9 Å². The molecule has 4 rings (SSSR count). The molecule has 2 heterocycles. The predicted octanol–water partition coefficient (Wildman–Crippen LogP) is 3.64. The van der Waals surface area contributed by atoms with Crippen molar-refractivity contribution in [3.63, 3.8) is 0 Å². The predicted molar refractivity (Wildman–Crippen MR) is 101 cm³/mol. The molecule has 5 heteroatoms. The van der Waals surface area contributed by atoms with E-state index >= 15 is 0 Å². The lowest BCUT2D eigenvalue weighted by atomic mass is 9.92. The minimum atomic E-state index is -0.0233. The minimum Gasteiger partial charge on any atom is -0.336 e. The smallest absolute Gasteiger partial charge is 0.329 e. The van der Waals surface area contributed by atoms with Crippen molar-refractivity contribution >= 4 is 23.8 Å². The van der Waals surface area contributed by atoms with Crippen LogP contribution in [0.25, 0.3) is 0 Å². The summed E-state index contributed by atoms with van der Waals surface area (Å²) in [5.74, 6) is 0. The molecule has 134 valence electrons. The minimum absolute atomic E-state index is 0.0233. The highest BCUT2D eigenvalue weighted by molar-refractivity contribution is 5.99. The molecule has 0 N–H and O–H groups in total. The van der Waals surface area contributed by atoms with Crippen LogP contribution in [0, 0.1) is 0 Å². The summed E-state index contributed by atoms with van der Waals surface area (Å²) in [5, 5.41) is 0. The lowest BCUT2D eigenvalue weighted by Gasteiger charge is -2.49. The molecule has 2 bridgehead atoms. The number of piperazine rings is 1. The fourth-order valence-corrected chi connectivity index (χ4v) is 4.13. The van der Waals surface area contributed by atoms with Gasteiger partial charge >= 0.3 is 6.03 Å². The van der Waals surface area contributed by atoms with E-state index in [1.165, 1.54) is 0 Å². The second-order valence-corrected chi connectivity index (χ2v) is 6.99. The molecule has 3 amide bonds. The molecule has 0 saturated carbocycles. The molecule has 2 aliphatic rings. The van der Waals surface area contributed by atoms with Crippen LogP contribution in [-0.2, 0) is 4.79 Å². The first-order valence-corrected chi connectivity index (χ1v) is 9.20. The zero-order valence-electron chi connectivity index (χ0n) is 14.7. The summed E-state index contributed by atoms with van der Waals surface area (Å²) >= 11 is 0. The Morgan fingerprint density at radius 1 is 0.885 bits per heavy atom. The van der Waals surface area contributed by atoms with Crippen LogP contribution in [0.1, 0.15) is 19.3 Å². The van der Waals surface area contributed by atoms with Gasteiger partial charge in [0.05, 0.1) is 11.4 Å². The Hall–Kier alpha value is -2.82. The number of carbonyl (C=O) groups is 2. The number of anilines is 2. The Morgan fingerprint density at radius 2 is 1.38 bits per heavy atom. The summed E-state index contributed by atoms with van der Waals surface area (Å²) in [4.78, 5) is 30.5. The van der Waals surface area contributed by atoms with Crippen molar-refractivity contribution in [1.29, 1.82) is 0 Å². The van der Waals surface area contributed by atoms with E-state index in [1.807, 2.05) is 70.5 Å². The molecule has 0 spiro atoms. The maximum Gasteiger partial charge on any atom is 0.329 e. The van der Waals surface area contributed by atoms with Gasteiger partial charge in [-0.05, 0) is 43.5 Å². The normalized spacial score (nSPS) is 22.0. The van der Waals surface area contributed by atoms with Crippen LogP contribution >= 0.6 is 0 Å². The van der Waals surface area contributed by atoms with Crippen molar-refractivity contribution in [2.75, 3.05) is 18.0 Å². The summed E-state index contributed by atoms with van der Waals surface area (Å²) in [5.41, 5.74) is 1.71. The Morgan fingerprint density at radius 3 is 1.85 bits per heavy atom. The number of fused-ring (bicyclic) bond motifs is 2. The van der Waals surface area contributed by atoms with E-state index in [0.717, 1.165) is 37.0 Å². The lowest BCUT2D eigenvalue weighted by molar-refractivity contribution is -0.128. The van der Waals surface area contributed by atoms with E-state index in [2.05, 4.69) is 0 Å². The van der Waals surface area contributed by atoms with Gasteiger partial charge in [0.1, 0.15) is 0 Å². The number of carbonyl (C=O) groups excluding carboxylic acids is 2. The van der Waals surface area contributed by atoms with Crippen molar-refractivity contribution < 1.29 is 9.59 Å². The fraction of sp³-hybridized carbons (Fsp3) is 0.333. The van der Waals surface area contributed by atoms with Gasteiger partial charge < -0.3 is 9.80 Å². The van der Waals surface area contributed by atoms with Crippen molar-refractivity contribution in [1.82, 2.24) is 9.80 Å². The molecule has 0 unspecified atom stereocenters. The van der Waals surface area contributed by atoms with E-state index in [4.69, 9.17) is 0 Å². The number of likely N-dealkylation sites (tertiary alicyclic amines) is 1. The number of piperidine rings is 1. The van der Waals surface area contributed by atoms with Crippen molar-refractivity contribution in [3.8, 4) is 0 Å². The average molecular weight is 349 g/mol. The van der Waals surface area contributed by atoms with Crippen LogP contribution in [0.2, 0.25) is 0 Å². The van der Waals surface area contributed by atoms with E-state index in [1.54, 1.807) is 4.90 Å². The van der Waals surface area contributed by atoms with E-state index < -0.39 is 0 Å². The van der Waals surface area contributed by atoms with Gasteiger partial charge in [0.15, 0.2) is 0 Å². The zero-order valence-corrected chi connectivity index (χ0v) is 14.7. The number of benzene rings is 2. The quantitative estimate of drug-likeness (QED) is 0.794. The molecule has 2 aromatic rings. The average Bonchev–Trinajstić information content (AvgIpc) is 2.68. The molecular formula is C21H23N3O2. The molecule has 26 heavy (non-hydrogen) atoms. The highest BCUT2D eigenvalue weighted by Gasteiger charge is 2.39. The maximum absolute atomic E-state index is 13.5. The lowest BCUT2D eigenvalue weighted by Crippen LogP contribution is -2.62. The van der Waals surface area contributed by atoms with Crippen LogP contribution < -0.4 is 4.90 Å². The molecule has 2 atom stereocenters. The Kier molecular flexibility index (Phi) is 4.61. The zero-order chi connectivity index (χ0) is 17.9. The van der Waals surface area contributed by atoms with Gasteiger partial charge in [0.25, 0.3) is 0 Å². The van der Waals surface area contributed by atoms with Crippen LogP contribution in [0.3, 0.4) is 0 Å². The highest BCUT2D eigenvalue weighted by atomic mass is 16.2. The van der Waals surface area contributed by atoms with E-state index in [-0.39, 0.29) is 18.1 Å². The van der Waals surface area contributed by atoms with Crippen LogP contribution in [0.4, 0.5) is 16.2 Å². The van der Waals surface area contributed by atoms with Gasteiger partial charge in [0, 0.05) is 25.2 Å². The summed E-state index contributed by atoms with van der Waals surface area (Å²) in [7, 11) is 0. The number of rotatable bonds is 3. The van der Waals surface area contributed by atoms with Crippen molar-refractivity contribution in [2.24, 2.45) is 0 Å². The standard InChI is InChI=1S/C21H23N3O2/c25-16-23-19-12-7-13-20(23)15-22(14-19)21(26)24(17-8-3-1-4-9-17)18-10-5-2-6-11-18/h1-6,8-11,16,19-20H,7,12-15H2/t19-,20+. The van der Waals surface area contributed by atoms with Crippen LogP contribution in [-0.4, -0.2) is 47.4 Å². The number of hydrogen-bond acceptors (Lipinski definition) is 2. The molecule has 0 radical (unpaired) electrons. The summed E-state index contributed by atoms with van der Waals surface area (Å²) < 4.78 is 0. The van der Waals surface area contributed by atoms with E-state index in [9.17, 15) is 9.59 Å². The molecule has 2 aliphatic heterocycles. The summed E-state index contributed by atoms with van der Waals surface area (Å²) in [6.45, 7) is 1.20. The SMILES string of the molecule is O=CN1[C@@H]2CCC[C@H]1CN(C(=O)N(c1ccccc1)c1ccccc1)C2. The first-order valence-electron chi connectivity index (χ1n) is 9.20. The first-order chi connectivity index (χ1) is 12.8. The maximum atomic E-state index is 13.5. The van der Waals surface area contributed by atoms with Gasteiger partial charge in [-0.25, -0.2) is 4.79 Å². The monoisotopic (exact) mass is 349 g/mol. The van der Waals surface area contributed by atoms with Gasteiger partial charge in [-0.1, -0.05) is 36.4 Å². The second kappa shape index (κ2) is 7.20. The van der Waals surface area contributed by atoms with Crippen molar-refractivity contribution in [3.05, 3.63) is 60.7 Å². The molecule has 2 aromatic carbocycles. The number of amides is 3. The summed E-state index contributed by atoms with van der Waals surface area (Å²) in [6.07, 6.45) is 4.02. The van der Waals surface area contributed by atoms with Gasteiger partial charge in [0.2, 0.25) is 6.41 Å². The van der Waals surface area contributed by atoms with Gasteiger partial charge in [-0.15, -0.1) is 0 Å². The molecule has 5 nitrogen and oxygen atoms in total. The molecule has 2 fully saturated rings. The third-order valence-electron chi connectivity index (χ3n) is 5.39. The Bertz CT molecular complexity index is 712. The Balaban J connectivity index is 1.64. The second-order valence-electron chi connectivity index (χ2n) is 6.99. The van der Waals surface area contributed by atoms with Crippen LogP contribution in [0.5, 0.6) is 0 Å².